The van der Waals surface area contributed by atoms with Crippen LogP contribution in [0.4, 0.5) is 0 Å². The first-order valence-corrected chi connectivity index (χ1v) is 3.50. The molecule has 56 valence electrons. The molecule has 0 heterocycles. The summed E-state index contributed by atoms with van der Waals surface area (Å²) in [7, 11) is 0. The van der Waals surface area contributed by atoms with Crippen molar-refractivity contribution in [2.75, 3.05) is 5.75 Å². The van der Waals surface area contributed by atoms with Gasteiger partial charge in [-0.1, -0.05) is 17.8 Å². The minimum Gasteiger partial charge on any atom is -0.388 e. The van der Waals surface area contributed by atoms with Crippen molar-refractivity contribution in [3.63, 3.8) is 0 Å². The monoisotopic (exact) mass is 160 g/mol. The minimum absolute atomic E-state index is 0.199. The lowest BCUT2D eigenvalue weighted by Crippen LogP contribution is -1.96. The molecule has 0 aliphatic heterocycles. The molecule has 0 bridgehead atoms. The van der Waals surface area contributed by atoms with E-state index in [1.165, 1.54) is 11.8 Å². The van der Waals surface area contributed by atoms with Gasteiger partial charge in [-0.3, -0.25) is 10.1 Å². The minimum atomic E-state index is -0.578. The average molecular weight is 160 g/mol. The molecule has 0 saturated carbocycles. The normalized spacial score (nSPS) is 11.0. The molecule has 4 nitrogen and oxygen atoms in total. The molecule has 0 unspecified atom stereocenters. The molecule has 10 heavy (non-hydrogen) atoms. The van der Waals surface area contributed by atoms with E-state index < -0.39 is 4.92 Å². The van der Waals surface area contributed by atoms with Gasteiger partial charge >= 0.3 is 0 Å². The quantitative estimate of drug-likeness (QED) is 0.377. The van der Waals surface area contributed by atoms with Gasteiger partial charge in [0.05, 0.1) is 4.92 Å². The van der Waals surface area contributed by atoms with Gasteiger partial charge in [0.2, 0.25) is 0 Å². The van der Waals surface area contributed by atoms with Gasteiger partial charge in [0.15, 0.2) is 0 Å². The molecule has 2 N–H and O–H groups in total. The summed E-state index contributed by atoms with van der Waals surface area (Å²) in [5, 5.41) is 9.98. The van der Waals surface area contributed by atoms with E-state index in [0.29, 0.717) is 5.75 Å². The summed E-state index contributed by atoms with van der Waals surface area (Å²) in [5.74, 6) is 0.593. The second-order valence-corrected chi connectivity index (χ2v) is 2.51. The number of hydrogen-bond acceptors (Lipinski definition) is 4. The van der Waals surface area contributed by atoms with Crippen molar-refractivity contribution in [3.05, 3.63) is 34.0 Å². The van der Waals surface area contributed by atoms with E-state index in [1.54, 1.807) is 6.08 Å². The summed E-state index contributed by atoms with van der Waals surface area (Å²) in [5.41, 5.74) is 5.20. The maximum Gasteiger partial charge on any atom is 0.263 e. The molecule has 0 amide bonds. The van der Waals surface area contributed by atoms with Gasteiger partial charge < -0.3 is 5.73 Å². The Morgan fingerprint density at radius 1 is 1.90 bits per heavy atom. The van der Waals surface area contributed by atoms with Crippen molar-refractivity contribution in [1.82, 2.24) is 0 Å². The zero-order chi connectivity index (χ0) is 7.98. The van der Waals surface area contributed by atoms with E-state index in [4.69, 9.17) is 5.73 Å². The first-order valence-electron chi connectivity index (χ1n) is 2.51. The Bertz CT molecular complexity index is 167. The SMILES string of the molecule is C=CCS/C(N)=C/[N+](=O)[O-]. The molecule has 0 fully saturated rings. The predicted molar refractivity (Wildman–Crippen MR) is 41.9 cm³/mol. The summed E-state index contributed by atoms with van der Waals surface area (Å²) in [4.78, 5) is 9.20. The zero-order valence-electron chi connectivity index (χ0n) is 5.32. The smallest absolute Gasteiger partial charge is 0.263 e. The Hall–Kier alpha value is -0.970. The first kappa shape index (κ1) is 9.03. The summed E-state index contributed by atoms with van der Waals surface area (Å²) in [6.07, 6.45) is 2.40. The molecule has 5 heteroatoms. The maximum atomic E-state index is 9.78. The van der Waals surface area contributed by atoms with Crippen LogP contribution in [0.5, 0.6) is 0 Å². The number of rotatable bonds is 4. The largest absolute Gasteiger partial charge is 0.388 e. The molecule has 0 aromatic carbocycles. The van der Waals surface area contributed by atoms with Crippen molar-refractivity contribution in [2.24, 2.45) is 5.73 Å². The van der Waals surface area contributed by atoms with Crippen LogP contribution in [0.1, 0.15) is 0 Å². The highest BCUT2D eigenvalue weighted by Crippen LogP contribution is 2.07. The van der Waals surface area contributed by atoms with Crippen molar-refractivity contribution in [1.29, 1.82) is 0 Å². The van der Waals surface area contributed by atoms with E-state index in [-0.39, 0.29) is 5.03 Å². The van der Waals surface area contributed by atoms with Crippen LogP contribution in [0.2, 0.25) is 0 Å². The van der Waals surface area contributed by atoms with E-state index in [0.717, 1.165) is 6.20 Å². The highest BCUT2D eigenvalue weighted by Gasteiger charge is 1.94. The lowest BCUT2D eigenvalue weighted by Gasteiger charge is -1.91. The van der Waals surface area contributed by atoms with Crippen LogP contribution < -0.4 is 5.73 Å². The molecule has 0 aromatic heterocycles. The summed E-state index contributed by atoms with van der Waals surface area (Å²) < 4.78 is 0. The maximum absolute atomic E-state index is 9.78. The topological polar surface area (TPSA) is 69.2 Å². The van der Waals surface area contributed by atoms with Gasteiger partial charge in [0.1, 0.15) is 5.03 Å². The third-order valence-electron chi connectivity index (χ3n) is 0.601. The molecule has 0 spiro atoms. The highest BCUT2D eigenvalue weighted by atomic mass is 32.2. The highest BCUT2D eigenvalue weighted by molar-refractivity contribution is 8.03. The first-order chi connectivity index (χ1) is 4.66. The number of hydrogen-bond donors (Lipinski definition) is 1. The van der Waals surface area contributed by atoms with Gasteiger partial charge in [-0.25, -0.2) is 0 Å². The Labute approximate surface area is 62.9 Å². The Morgan fingerprint density at radius 3 is 2.90 bits per heavy atom. The van der Waals surface area contributed by atoms with Crippen LogP contribution in [0.3, 0.4) is 0 Å². The fourth-order valence-electron chi connectivity index (χ4n) is 0.296. The van der Waals surface area contributed by atoms with Crippen LogP contribution in [-0.2, 0) is 0 Å². The van der Waals surface area contributed by atoms with Gasteiger partial charge in [0, 0.05) is 5.75 Å². The van der Waals surface area contributed by atoms with Gasteiger partial charge in [-0.05, 0) is 0 Å². The fraction of sp³-hybridized carbons (Fsp3) is 0.200. The van der Waals surface area contributed by atoms with E-state index in [9.17, 15) is 10.1 Å². The molecule has 0 rings (SSSR count). The molecular weight excluding hydrogens is 152 g/mol. The predicted octanol–water partition coefficient (Wildman–Crippen LogP) is 0.940. The molecule has 0 aliphatic rings. The molecule has 0 atom stereocenters. The Kier molecular flexibility index (Phi) is 4.39. The lowest BCUT2D eigenvalue weighted by molar-refractivity contribution is -0.402. The molecule has 0 aromatic rings. The van der Waals surface area contributed by atoms with Crippen LogP contribution >= 0.6 is 11.8 Å². The number of nitrogens with two attached hydrogens (primary N) is 1. The van der Waals surface area contributed by atoms with E-state index in [2.05, 4.69) is 6.58 Å². The van der Waals surface area contributed by atoms with Gasteiger partial charge in [-0.2, -0.15) is 0 Å². The van der Waals surface area contributed by atoms with Gasteiger partial charge in [0.25, 0.3) is 6.20 Å². The summed E-state index contributed by atoms with van der Waals surface area (Å²) >= 11 is 1.18. The summed E-state index contributed by atoms with van der Waals surface area (Å²) in [6, 6.07) is 0. The second kappa shape index (κ2) is 4.87. The van der Waals surface area contributed by atoms with E-state index >= 15 is 0 Å². The molecule has 0 saturated heterocycles. The van der Waals surface area contributed by atoms with Crippen LogP contribution in [0.25, 0.3) is 0 Å². The number of nitro groups is 1. The van der Waals surface area contributed by atoms with Crippen molar-refractivity contribution < 1.29 is 4.92 Å². The second-order valence-electron chi connectivity index (χ2n) is 1.42. The number of thioether (sulfide) groups is 1. The fourth-order valence-corrected chi connectivity index (χ4v) is 0.767. The van der Waals surface area contributed by atoms with Crippen LogP contribution in [0.15, 0.2) is 23.9 Å². The van der Waals surface area contributed by atoms with Gasteiger partial charge in [-0.15, -0.1) is 6.58 Å². The molecule has 0 aliphatic carbocycles. The van der Waals surface area contributed by atoms with Crippen LogP contribution in [0, 0.1) is 10.1 Å². The summed E-state index contributed by atoms with van der Waals surface area (Å²) in [6.45, 7) is 3.44. The van der Waals surface area contributed by atoms with Crippen molar-refractivity contribution in [2.45, 2.75) is 0 Å². The molecule has 0 radical (unpaired) electrons. The van der Waals surface area contributed by atoms with Crippen molar-refractivity contribution in [3.8, 4) is 0 Å². The van der Waals surface area contributed by atoms with E-state index in [1.807, 2.05) is 0 Å². The standard InChI is InChI=1S/C5H8N2O2S/c1-2-3-10-5(6)4-7(8)9/h2,4H,1,3,6H2/b5-4+. The Balaban J connectivity index is 3.70. The van der Waals surface area contributed by atoms with Crippen molar-refractivity contribution >= 4 is 11.8 Å². The number of nitrogens with zero attached hydrogens (tertiary/aromatic N) is 1. The zero-order valence-corrected chi connectivity index (χ0v) is 6.13. The lowest BCUT2D eigenvalue weighted by atomic mass is 10.8. The third-order valence-corrected chi connectivity index (χ3v) is 1.44. The average Bonchev–Trinajstić information content (AvgIpc) is 1.82. The van der Waals surface area contributed by atoms with Crippen LogP contribution in [-0.4, -0.2) is 10.7 Å². The molecular formula is C5H8N2O2S. The third kappa shape index (κ3) is 5.17. The Morgan fingerprint density at radius 2 is 2.50 bits per heavy atom.